The summed E-state index contributed by atoms with van der Waals surface area (Å²) >= 11 is 6.21. The molecule has 2 aromatic rings. The van der Waals surface area contributed by atoms with Crippen molar-refractivity contribution in [2.75, 3.05) is 14.1 Å². The van der Waals surface area contributed by atoms with Crippen molar-refractivity contribution in [3.8, 4) is 17.3 Å². The minimum Gasteiger partial charge on any atom is -0.391 e. The first-order valence-electron chi connectivity index (χ1n) is 7.86. The molecule has 1 heterocycles. The molecule has 0 N–H and O–H groups in total. The van der Waals surface area contributed by atoms with E-state index in [0.29, 0.717) is 17.3 Å². The van der Waals surface area contributed by atoms with Crippen LogP contribution in [0, 0.1) is 13.8 Å². The van der Waals surface area contributed by atoms with Crippen molar-refractivity contribution in [3.05, 3.63) is 52.2 Å². The topological polar surface area (TPSA) is 55.3 Å². The molecule has 0 radical (unpaired) electrons. The van der Waals surface area contributed by atoms with E-state index in [1.165, 1.54) is 4.90 Å². The van der Waals surface area contributed by atoms with E-state index < -0.39 is 6.09 Å². The van der Waals surface area contributed by atoms with Gasteiger partial charge in [-0.05, 0) is 38.8 Å². The predicted molar refractivity (Wildman–Crippen MR) is 100 cm³/mol. The summed E-state index contributed by atoms with van der Waals surface area (Å²) in [6.45, 7) is 9.63. The number of rotatable bonds is 4. The second kappa shape index (κ2) is 7.66. The SMILES string of the molecule is C=C(C)Cc1c(C)nc(-c2ccc(C)c(Cl)c2)nc1OC(=O)N(C)C. The molecule has 0 aliphatic heterocycles. The number of allylic oxidation sites excluding steroid dienone is 1. The molecule has 0 fully saturated rings. The third-order valence-corrected chi connectivity index (χ3v) is 4.04. The van der Waals surface area contributed by atoms with Crippen LogP contribution in [0.25, 0.3) is 11.4 Å². The lowest BCUT2D eigenvalue weighted by Gasteiger charge is -2.16. The van der Waals surface area contributed by atoms with Crippen molar-refractivity contribution < 1.29 is 9.53 Å². The van der Waals surface area contributed by atoms with Gasteiger partial charge in [-0.25, -0.2) is 9.78 Å². The van der Waals surface area contributed by atoms with Crippen LogP contribution >= 0.6 is 11.6 Å². The molecular weight excluding hydrogens is 338 g/mol. The molecule has 1 aromatic heterocycles. The molecule has 2 rings (SSSR count). The number of carbonyl (C=O) groups is 1. The molecule has 0 saturated carbocycles. The van der Waals surface area contributed by atoms with Gasteiger partial charge in [-0.2, -0.15) is 4.98 Å². The van der Waals surface area contributed by atoms with Gasteiger partial charge in [0.25, 0.3) is 0 Å². The van der Waals surface area contributed by atoms with Crippen molar-refractivity contribution in [1.29, 1.82) is 0 Å². The van der Waals surface area contributed by atoms with E-state index in [9.17, 15) is 4.79 Å². The molecule has 0 spiro atoms. The van der Waals surface area contributed by atoms with Crippen molar-refractivity contribution in [2.45, 2.75) is 27.2 Å². The second-order valence-electron chi connectivity index (χ2n) is 6.28. The number of aryl methyl sites for hydroxylation is 2. The van der Waals surface area contributed by atoms with Crippen LogP contribution in [0.2, 0.25) is 5.02 Å². The Morgan fingerprint density at radius 3 is 2.52 bits per heavy atom. The summed E-state index contributed by atoms with van der Waals surface area (Å²) in [5, 5.41) is 0.636. The van der Waals surface area contributed by atoms with Crippen LogP contribution in [-0.2, 0) is 6.42 Å². The highest BCUT2D eigenvalue weighted by molar-refractivity contribution is 6.31. The molecule has 0 aliphatic rings. The zero-order valence-electron chi connectivity index (χ0n) is 15.2. The van der Waals surface area contributed by atoms with Crippen LogP contribution in [-0.4, -0.2) is 35.1 Å². The monoisotopic (exact) mass is 359 g/mol. The number of nitrogens with zero attached hydrogens (tertiary/aromatic N) is 3. The Morgan fingerprint density at radius 1 is 1.28 bits per heavy atom. The van der Waals surface area contributed by atoms with Gasteiger partial charge in [0.1, 0.15) is 0 Å². The summed E-state index contributed by atoms with van der Waals surface area (Å²) in [4.78, 5) is 22.4. The van der Waals surface area contributed by atoms with E-state index in [-0.39, 0.29) is 5.88 Å². The first-order valence-corrected chi connectivity index (χ1v) is 8.24. The molecule has 0 atom stereocenters. The van der Waals surface area contributed by atoms with E-state index in [1.807, 2.05) is 39.0 Å². The molecule has 0 bridgehead atoms. The smallest absolute Gasteiger partial charge is 0.391 e. The summed E-state index contributed by atoms with van der Waals surface area (Å²) in [6.07, 6.45) is 0.0468. The highest BCUT2D eigenvalue weighted by atomic mass is 35.5. The third kappa shape index (κ3) is 4.57. The molecule has 132 valence electrons. The van der Waals surface area contributed by atoms with Gasteiger partial charge in [0, 0.05) is 35.9 Å². The van der Waals surface area contributed by atoms with E-state index in [1.54, 1.807) is 14.1 Å². The molecule has 1 amide bonds. The lowest BCUT2D eigenvalue weighted by atomic mass is 10.1. The maximum atomic E-state index is 12.0. The first-order chi connectivity index (χ1) is 11.7. The standard InChI is InChI=1S/C19H22ClN3O2/c1-11(2)9-15-13(4)21-17(14-8-7-12(3)16(20)10-14)22-18(15)25-19(24)23(5)6/h7-8,10H,1,9H2,2-6H3. The number of ether oxygens (including phenoxy) is 1. The molecule has 1 aromatic carbocycles. The third-order valence-electron chi connectivity index (χ3n) is 3.63. The number of carbonyl (C=O) groups excluding carboxylic acids is 1. The van der Waals surface area contributed by atoms with Crippen molar-refractivity contribution >= 4 is 17.7 Å². The minimum atomic E-state index is -0.492. The van der Waals surface area contributed by atoms with E-state index >= 15 is 0 Å². The number of benzene rings is 1. The van der Waals surface area contributed by atoms with Gasteiger partial charge >= 0.3 is 6.09 Å². The normalized spacial score (nSPS) is 10.5. The Morgan fingerprint density at radius 2 is 1.96 bits per heavy atom. The molecule has 0 unspecified atom stereocenters. The fourth-order valence-corrected chi connectivity index (χ4v) is 2.38. The first kappa shape index (κ1) is 18.9. The van der Waals surface area contributed by atoms with Crippen LogP contribution < -0.4 is 4.74 Å². The summed E-state index contributed by atoms with van der Waals surface area (Å²) in [5.74, 6) is 0.715. The van der Waals surface area contributed by atoms with Crippen LogP contribution in [0.4, 0.5) is 4.79 Å². The van der Waals surface area contributed by atoms with Gasteiger partial charge < -0.3 is 9.64 Å². The Hall–Kier alpha value is -2.40. The number of amides is 1. The Kier molecular flexibility index (Phi) is 5.80. The highest BCUT2D eigenvalue weighted by Crippen LogP contribution is 2.28. The molecule has 25 heavy (non-hydrogen) atoms. The summed E-state index contributed by atoms with van der Waals surface area (Å²) in [5.41, 5.74) is 4.17. The van der Waals surface area contributed by atoms with Gasteiger partial charge in [0.05, 0.1) is 0 Å². The highest BCUT2D eigenvalue weighted by Gasteiger charge is 2.18. The van der Waals surface area contributed by atoms with Crippen molar-refractivity contribution in [2.24, 2.45) is 0 Å². The minimum absolute atomic E-state index is 0.251. The molecule has 0 saturated heterocycles. The van der Waals surface area contributed by atoms with E-state index in [0.717, 1.165) is 28.0 Å². The fourth-order valence-electron chi connectivity index (χ4n) is 2.19. The quantitative estimate of drug-likeness (QED) is 0.749. The molecule has 6 heteroatoms. The maximum absolute atomic E-state index is 12.0. The van der Waals surface area contributed by atoms with Crippen LogP contribution in [0.1, 0.15) is 23.7 Å². The van der Waals surface area contributed by atoms with E-state index in [4.69, 9.17) is 16.3 Å². The zero-order valence-corrected chi connectivity index (χ0v) is 15.9. The van der Waals surface area contributed by atoms with Gasteiger partial charge in [-0.1, -0.05) is 35.9 Å². The van der Waals surface area contributed by atoms with Gasteiger partial charge in [0.2, 0.25) is 5.88 Å². The Labute approximate surface area is 153 Å². The lowest BCUT2D eigenvalue weighted by Crippen LogP contribution is -2.26. The number of hydrogen-bond acceptors (Lipinski definition) is 4. The summed E-state index contributed by atoms with van der Waals surface area (Å²) < 4.78 is 5.47. The second-order valence-corrected chi connectivity index (χ2v) is 6.68. The Balaban J connectivity index is 2.56. The van der Waals surface area contributed by atoms with Crippen molar-refractivity contribution in [1.82, 2.24) is 14.9 Å². The molecular formula is C19H22ClN3O2. The summed E-state index contributed by atoms with van der Waals surface area (Å²) in [6, 6.07) is 5.61. The summed E-state index contributed by atoms with van der Waals surface area (Å²) in [7, 11) is 3.24. The largest absolute Gasteiger partial charge is 0.416 e. The van der Waals surface area contributed by atoms with Crippen LogP contribution in [0.15, 0.2) is 30.4 Å². The van der Waals surface area contributed by atoms with Crippen LogP contribution in [0.5, 0.6) is 5.88 Å². The van der Waals surface area contributed by atoms with Crippen molar-refractivity contribution in [3.63, 3.8) is 0 Å². The van der Waals surface area contributed by atoms with E-state index in [2.05, 4.69) is 16.5 Å². The lowest BCUT2D eigenvalue weighted by molar-refractivity contribution is 0.169. The number of aromatic nitrogens is 2. The van der Waals surface area contributed by atoms with Gasteiger partial charge in [-0.3, -0.25) is 0 Å². The van der Waals surface area contributed by atoms with Gasteiger partial charge in [-0.15, -0.1) is 0 Å². The molecule has 5 nitrogen and oxygen atoms in total. The maximum Gasteiger partial charge on any atom is 0.416 e. The Bertz CT molecular complexity index is 832. The average molecular weight is 360 g/mol. The predicted octanol–water partition coefficient (Wildman–Crippen LogP) is 4.59. The fraction of sp³-hybridized carbons (Fsp3) is 0.316. The molecule has 0 aliphatic carbocycles. The average Bonchev–Trinajstić information content (AvgIpc) is 2.52. The van der Waals surface area contributed by atoms with Gasteiger partial charge in [0.15, 0.2) is 5.82 Å². The zero-order chi connectivity index (χ0) is 18.7. The number of halogens is 1. The number of hydrogen-bond donors (Lipinski definition) is 0. The van der Waals surface area contributed by atoms with Crippen LogP contribution in [0.3, 0.4) is 0 Å².